The molecule has 0 radical (unpaired) electrons. The van der Waals surface area contributed by atoms with Gasteiger partial charge in [0.25, 0.3) is 11.8 Å². The van der Waals surface area contributed by atoms with Crippen LogP contribution in [0.2, 0.25) is 0 Å². The maximum atomic E-state index is 12.5. The van der Waals surface area contributed by atoms with E-state index in [1.807, 2.05) is 19.9 Å². The highest BCUT2D eigenvalue weighted by atomic mass is 16.2. The van der Waals surface area contributed by atoms with Crippen LogP contribution in [0, 0.1) is 0 Å². The summed E-state index contributed by atoms with van der Waals surface area (Å²) in [5.74, 6) is 0.407. The Morgan fingerprint density at radius 3 is 2.42 bits per heavy atom. The number of rotatable bonds is 5. The molecule has 0 unspecified atom stereocenters. The normalized spacial score (nSPS) is 13.7. The summed E-state index contributed by atoms with van der Waals surface area (Å²) in [4.78, 5) is 31.5. The van der Waals surface area contributed by atoms with E-state index in [2.05, 4.69) is 20.5 Å². The van der Waals surface area contributed by atoms with E-state index in [9.17, 15) is 9.59 Å². The van der Waals surface area contributed by atoms with Gasteiger partial charge in [-0.3, -0.25) is 9.59 Å². The molecule has 0 spiro atoms. The van der Waals surface area contributed by atoms with Crippen molar-refractivity contribution in [3.05, 3.63) is 53.7 Å². The summed E-state index contributed by atoms with van der Waals surface area (Å²) in [6, 6.07) is 10.6. The average molecular weight is 352 g/mol. The van der Waals surface area contributed by atoms with E-state index in [1.54, 1.807) is 36.5 Å². The number of aromatic nitrogens is 1. The fourth-order valence-corrected chi connectivity index (χ4v) is 2.98. The quantitative estimate of drug-likeness (QED) is 0.867. The van der Waals surface area contributed by atoms with Crippen molar-refractivity contribution in [1.29, 1.82) is 0 Å². The Labute approximate surface area is 153 Å². The first-order valence-electron chi connectivity index (χ1n) is 8.97. The Kier molecular flexibility index (Phi) is 5.51. The molecule has 0 aliphatic carbocycles. The number of carbonyl (C=O) groups is 2. The average Bonchev–Trinajstić information content (AvgIpc) is 3.16. The second-order valence-corrected chi connectivity index (χ2v) is 6.73. The van der Waals surface area contributed by atoms with E-state index >= 15 is 0 Å². The van der Waals surface area contributed by atoms with Crippen molar-refractivity contribution < 1.29 is 9.59 Å². The van der Waals surface area contributed by atoms with Crippen LogP contribution in [0.3, 0.4) is 0 Å². The molecule has 26 heavy (non-hydrogen) atoms. The zero-order valence-electron chi connectivity index (χ0n) is 15.2. The SMILES string of the molecule is CC(C)NC(=O)c1ccccc1NC(=O)c1ccc(N2CCCC2)nc1. The molecule has 1 saturated heterocycles. The molecule has 0 bridgehead atoms. The summed E-state index contributed by atoms with van der Waals surface area (Å²) < 4.78 is 0. The van der Waals surface area contributed by atoms with E-state index in [-0.39, 0.29) is 17.9 Å². The smallest absolute Gasteiger partial charge is 0.257 e. The summed E-state index contributed by atoms with van der Waals surface area (Å²) in [6.45, 7) is 5.81. The van der Waals surface area contributed by atoms with Crippen molar-refractivity contribution in [3.63, 3.8) is 0 Å². The fourth-order valence-electron chi connectivity index (χ4n) is 2.98. The highest BCUT2D eigenvalue weighted by Crippen LogP contribution is 2.19. The van der Waals surface area contributed by atoms with Crippen LogP contribution in [-0.2, 0) is 0 Å². The third kappa shape index (κ3) is 4.20. The van der Waals surface area contributed by atoms with Gasteiger partial charge in [0.05, 0.1) is 16.8 Å². The maximum absolute atomic E-state index is 12.5. The van der Waals surface area contributed by atoms with Crippen LogP contribution in [0.4, 0.5) is 11.5 Å². The summed E-state index contributed by atoms with van der Waals surface area (Å²) in [5.41, 5.74) is 1.39. The van der Waals surface area contributed by atoms with Gasteiger partial charge in [0.2, 0.25) is 0 Å². The van der Waals surface area contributed by atoms with Crippen LogP contribution < -0.4 is 15.5 Å². The van der Waals surface area contributed by atoms with Crippen LogP contribution in [0.1, 0.15) is 47.4 Å². The first-order valence-corrected chi connectivity index (χ1v) is 8.97. The lowest BCUT2D eigenvalue weighted by atomic mass is 10.1. The Morgan fingerprint density at radius 2 is 1.77 bits per heavy atom. The number of nitrogens with one attached hydrogen (secondary N) is 2. The summed E-state index contributed by atoms with van der Waals surface area (Å²) >= 11 is 0. The van der Waals surface area contributed by atoms with Crippen molar-refractivity contribution in [2.75, 3.05) is 23.3 Å². The van der Waals surface area contributed by atoms with Crippen molar-refractivity contribution in [3.8, 4) is 0 Å². The number of pyridine rings is 1. The monoisotopic (exact) mass is 352 g/mol. The number of hydrogen-bond donors (Lipinski definition) is 2. The zero-order valence-corrected chi connectivity index (χ0v) is 15.2. The van der Waals surface area contributed by atoms with Gasteiger partial charge in [-0.15, -0.1) is 0 Å². The Bertz CT molecular complexity index is 781. The molecule has 2 N–H and O–H groups in total. The minimum atomic E-state index is -0.282. The van der Waals surface area contributed by atoms with Gasteiger partial charge in [-0.25, -0.2) is 4.98 Å². The van der Waals surface area contributed by atoms with Crippen LogP contribution in [-0.4, -0.2) is 35.9 Å². The molecular formula is C20H24N4O2. The lowest BCUT2D eigenvalue weighted by Crippen LogP contribution is -2.31. The van der Waals surface area contributed by atoms with Gasteiger partial charge < -0.3 is 15.5 Å². The molecule has 1 aliphatic rings. The predicted molar refractivity (Wildman–Crippen MR) is 103 cm³/mol. The molecule has 2 amide bonds. The second-order valence-electron chi connectivity index (χ2n) is 6.73. The molecule has 0 saturated carbocycles. The summed E-state index contributed by atoms with van der Waals surface area (Å²) in [7, 11) is 0. The lowest BCUT2D eigenvalue weighted by molar-refractivity contribution is 0.0944. The number of amides is 2. The lowest BCUT2D eigenvalue weighted by Gasteiger charge is -2.16. The van der Waals surface area contributed by atoms with Gasteiger partial charge in [0.1, 0.15) is 5.82 Å². The summed E-state index contributed by atoms with van der Waals surface area (Å²) in [5, 5.41) is 5.66. The molecule has 2 heterocycles. The number of hydrogen-bond acceptors (Lipinski definition) is 4. The Morgan fingerprint density at radius 1 is 1.04 bits per heavy atom. The number of anilines is 2. The van der Waals surface area contributed by atoms with Gasteiger partial charge in [0.15, 0.2) is 0 Å². The number of benzene rings is 1. The van der Waals surface area contributed by atoms with Crippen LogP contribution >= 0.6 is 0 Å². The van der Waals surface area contributed by atoms with Crippen LogP contribution in [0.25, 0.3) is 0 Å². The third-order valence-corrected chi connectivity index (χ3v) is 4.28. The van der Waals surface area contributed by atoms with E-state index < -0.39 is 0 Å². The third-order valence-electron chi connectivity index (χ3n) is 4.28. The molecule has 0 atom stereocenters. The highest BCUT2D eigenvalue weighted by molar-refractivity contribution is 6.09. The molecule has 1 aliphatic heterocycles. The summed E-state index contributed by atoms with van der Waals surface area (Å²) in [6.07, 6.45) is 3.94. The Hall–Kier alpha value is -2.89. The molecule has 6 heteroatoms. The van der Waals surface area contributed by atoms with Crippen molar-refractivity contribution in [2.45, 2.75) is 32.7 Å². The first-order chi connectivity index (χ1) is 12.5. The van der Waals surface area contributed by atoms with Gasteiger partial charge in [-0.1, -0.05) is 12.1 Å². The van der Waals surface area contributed by atoms with Gasteiger partial charge >= 0.3 is 0 Å². The molecule has 1 aromatic carbocycles. The van der Waals surface area contributed by atoms with E-state index in [0.29, 0.717) is 16.8 Å². The minimum Gasteiger partial charge on any atom is -0.357 e. The number of carbonyl (C=O) groups excluding carboxylic acids is 2. The van der Waals surface area contributed by atoms with Crippen molar-refractivity contribution >= 4 is 23.3 Å². The molecule has 2 aromatic rings. The Balaban J connectivity index is 1.72. The fraction of sp³-hybridized carbons (Fsp3) is 0.350. The highest BCUT2D eigenvalue weighted by Gasteiger charge is 2.16. The van der Waals surface area contributed by atoms with Crippen molar-refractivity contribution in [1.82, 2.24) is 10.3 Å². The van der Waals surface area contributed by atoms with E-state index in [0.717, 1.165) is 18.9 Å². The zero-order chi connectivity index (χ0) is 18.5. The van der Waals surface area contributed by atoms with Crippen LogP contribution in [0.5, 0.6) is 0 Å². The molecule has 3 rings (SSSR count). The first kappa shape index (κ1) is 17.9. The largest absolute Gasteiger partial charge is 0.357 e. The van der Waals surface area contributed by atoms with Crippen molar-refractivity contribution in [2.24, 2.45) is 0 Å². The molecular weight excluding hydrogens is 328 g/mol. The minimum absolute atomic E-state index is 0.0218. The van der Waals surface area contributed by atoms with Gasteiger partial charge in [-0.2, -0.15) is 0 Å². The number of para-hydroxylation sites is 1. The molecule has 136 valence electrons. The van der Waals surface area contributed by atoms with E-state index in [1.165, 1.54) is 12.8 Å². The number of nitrogens with zero attached hydrogens (tertiary/aromatic N) is 2. The van der Waals surface area contributed by atoms with Gasteiger partial charge in [0, 0.05) is 25.3 Å². The standard InChI is InChI=1S/C20H24N4O2/c1-14(2)22-20(26)16-7-3-4-8-17(16)23-19(25)15-9-10-18(21-13-15)24-11-5-6-12-24/h3-4,7-10,13-14H,5-6,11-12H2,1-2H3,(H,22,26)(H,23,25). The van der Waals surface area contributed by atoms with Crippen LogP contribution in [0.15, 0.2) is 42.6 Å². The van der Waals surface area contributed by atoms with E-state index in [4.69, 9.17) is 0 Å². The maximum Gasteiger partial charge on any atom is 0.257 e. The van der Waals surface area contributed by atoms with Gasteiger partial charge in [-0.05, 0) is 51.0 Å². The molecule has 1 aromatic heterocycles. The topological polar surface area (TPSA) is 74.3 Å². The molecule has 1 fully saturated rings. The second kappa shape index (κ2) is 7.99. The predicted octanol–water partition coefficient (Wildman–Crippen LogP) is 3.07. The molecule has 6 nitrogen and oxygen atoms in total.